The SMILES string of the molecule is CC/C=C\C/C=C\C/C=C\C/C=C\CCCCCCCCCCCCCCCCCCCCCCCCC(=O)OCC(COC(=O)CCCCC/C=C\C/C=C\C/C=C\CC)OC(=O)CCCCCCC/C=C\CCCCCCCC. The van der Waals surface area contributed by atoms with E-state index in [1.165, 1.54) is 180 Å². The molecule has 0 aromatic carbocycles. The van der Waals surface area contributed by atoms with Crippen LogP contribution in [0, 0.1) is 0 Å². The van der Waals surface area contributed by atoms with Crippen molar-refractivity contribution in [2.75, 3.05) is 13.2 Å². The van der Waals surface area contributed by atoms with Gasteiger partial charge in [0.1, 0.15) is 13.2 Å². The number of allylic oxidation sites excluding steroid dienone is 16. The lowest BCUT2D eigenvalue weighted by Gasteiger charge is -2.18. The van der Waals surface area contributed by atoms with Crippen LogP contribution in [-0.2, 0) is 28.6 Å². The number of hydrogen-bond acceptors (Lipinski definition) is 6. The first kappa shape index (κ1) is 77.3. The van der Waals surface area contributed by atoms with E-state index in [1.54, 1.807) is 0 Å². The maximum Gasteiger partial charge on any atom is 0.306 e. The smallest absolute Gasteiger partial charge is 0.306 e. The summed E-state index contributed by atoms with van der Waals surface area (Å²) in [5.74, 6) is -0.911. The minimum Gasteiger partial charge on any atom is -0.462 e. The molecule has 466 valence electrons. The first-order valence-electron chi connectivity index (χ1n) is 34.7. The van der Waals surface area contributed by atoms with Crippen molar-refractivity contribution >= 4 is 17.9 Å². The zero-order valence-electron chi connectivity index (χ0n) is 53.5. The molecule has 0 saturated heterocycles. The maximum absolute atomic E-state index is 12.9. The molecule has 0 spiro atoms. The van der Waals surface area contributed by atoms with Crippen molar-refractivity contribution in [2.24, 2.45) is 0 Å². The van der Waals surface area contributed by atoms with Crippen molar-refractivity contribution in [3.8, 4) is 0 Å². The van der Waals surface area contributed by atoms with Crippen LogP contribution in [0.1, 0.15) is 342 Å². The first-order valence-corrected chi connectivity index (χ1v) is 34.7. The molecule has 0 fully saturated rings. The second kappa shape index (κ2) is 68.8. The van der Waals surface area contributed by atoms with E-state index in [4.69, 9.17) is 14.2 Å². The van der Waals surface area contributed by atoms with Gasteiger partial charge in [0.25, 0.3) is 0 Å². The summed E-state index contributed by atoms with van der Waals surface area (Å²) in [5.41, 5.74) is 0. The molecule has 6 nitrogen and oxygen atoms in total. The molecule has 0 N–H and O–H groups in total. The van der Waals surface area contributed by atoms with Crippen LogP contribution >= 0.6 is 0 Å². The van der Waals surface area contributed by atoms with Gasteiger partial charge in [0, 0.05) is 19.3 Å². The Morgan fingerprint density at radius 1 is 0.259 bits per heavy atom. The molecule has 0 aliphatic heterocycles. The van der Waals surface area contributed by atoms with Crippen LogP contribution < -0.4 is 0 Å². The molecule has 0 aromatic rings. The Hall–Kier alpha value is -3.67. The van der Waals surface area contributed by atoms with E-state index in [9.17, 15) is 14.4 Å². The molecule has 0 saturated carbocycles. The minimum atomic E-state index is -0.792. The lowest BCUT2D eigenvalue weighted by Crippen LogP contribution is -2.30. The Morgan fingerprint density at radius 3 is 0.778 bits per heavy atom. The van der Waals surface area contributed by atoms with E-state index in [0.717, 1.165) is 122 Å². The molecule has 0 aliphatic carbocycles. The number of esters is 3. The molecule has 0 bridgehead atoms. The highest BCUT2D eigenvalue weighted by Gasteiger charge is 2.19. The quantitative estimate of drug-likeness (QED) is 0.0261. The lowest BCUT2D eigenvalue weighted by molar-refractivity contribution is -0.167. The van der Waals surface area contributed by atoms with Crippen molar-refractivity contribution in [1.82, 2.24) is 0 Å². The van der Waals surface area contributed by atoms with E-state index >= 15 is 0 Å². The summed E-state index contributed by atoms with van der Waals surface area (Å²) >= 11 is 0. The van der Waals surface area contributed by atoms with Gasteiger partial charge in [-0.05, 0) is 116 Å². The zero-order valence-corrected chi connectivity index (χ0v) is 53.5. The van der Waals surface area contributed by atoms with Gasteiger partial charge in [-0.1, -0.05) is 304 Å². The summed E-state index contributed by atoms with van der Waals surface area (Å²) in [4.78, 5) is 38.3. The van der Waals surface area contributed by atoms with Crippen molar-refractivity contribution in [2.45, 2.75) is 348 Å². The minimum absolute atomic E-state index is 0.0863. The Morgan fingerprint density at radius 2 is 0.481 bits per heavy atom. The number of hydrogen-bond donors (Lipinski definition) is 0. The Kier molecular flexibility index (Phi) is 65.7. The first-order chi connectivity index (χ1) is 40.0. The van der Waals surface area contributed by atoms with Gasteiger partial charge in [0.2, 0.25) is 0 Å². The number of carbonyl (C=O) groups is 3. The van der Waals surface area contributed by atoms with Crippen molar-refractivity contribution in [1.29, 1.82) is 0 Å². The van der Waals surface area contributed by atoms with E-state index < -0.39 is 6.10 Å². The summed E-state index contributed by atoms with van der Waals surface area (Å²) in [5, 5.41) is 0. The van der Waals surface area contributed by atoms with Gasteiger partial charge in [-0.3, -0.25) is 14.4 Å². The molecule has 1 unspecified atom stereocenters. The second-order valence-corrected chi connectivity index (χ2v) is 23.0. The van der Waals surface area contributed by atoms with Gasteiger partial charge in [-0.25, -0.2) is 0 Å². The molecule has 0 aromatic heterocycles. The summed E-state index contributed by atoms with van der Waals surface area (Å²) in [7, 11) is 0. The number of unbranched alkanes of at least 4 members (excludes halogenated alkanes) is 36. The molecular formula is C75H130O6. The average Bonchev–Trinajstić information content (AvgIpc) is 3.46. The standard InChI is InChI=1S/C75H130O6/c1-4-7-10-13-16-19-22-25-27-28-29-30-31-32-33-34-35-36-37-38-39-40-41-42-43-44-45-46-48-50-53-56-59-62-65-68-74(77)80-71-72(70-79-73(76)67-64-61-58-55-52-49-24-21-18-15-12-9-6-3)81-75(78)69-66-63-60-57-54-51-47-26-23-20-17-14-11-8-5-2/h7,9-10,12,16,18-19,21,25-27,29-30,47,49,52,72H,4-6,8,11,13-15,17,20,22-24,28,31-46,48,50-51,53-71H2,1-3H3/b10-7-,12-9-,19-16-,21-18-,27-25-,30-29-,47-26-,52-49-. The average molecular weight is 1130 g/mol. The predicted octanol–water partition coefficient (Wildman–Crippen LogP) is 24.0. The largest absolute Gasteiger partial charge is 0.462 e. The normalized spacial score (nSPS) is 12.7. The van der Waals surface area contributed by atoms with Crippen LogP contribution in [0.3, 0.4) is 0 Å². The van der Waals surface area contributed by atoms with Crippen molar-refractivity contribution in [3.63, 3.8) is 0 Å². The highest BCUT2D eigenvalue weighted by Crippen LogP contribution is 2.17. The highest BCUT2D eigenvalue weighted by molar-refractivity contribution is 5.71. The number of carbonyl (C=O) groups excluding carboxylic acids is 3. The van der Waals surface area contributed by atoms with Gasteiger partial charge in [-0.15, -0.1) is 0 Å². The predicted molar refractivity (Wildman–Crippen MR) is 353 cm³/mol. The monoisotopic (exact) mass is 1130 g/mol. The van der Waals surface area contributed by atoms with Gasteiger partial charge >= 0.3 is 17.9 Å². The molecule has 0 radical (unpaired) electrons. The van der Waals surface area contributed by atoms with Gasteiger partial charge < -0.3 is 14.2 Å². The van der Waals surface area contributed by atoms with Gasteiger partial charge in [0.05, 0.1) is 0 Å². The number of ether oxygens (including phenoxy) is 3. The van der Waals surface area contributed by atoms with E-state index in [0.29, 0.717) is 19.3 Å². The molecule has 0 rings (SSSR count). The fourth-order valence-electron chi connectivity index (χ4n) is 9.92. The number of rotatable bonds is 63. The van der Waals surface area contributed by atoms with E-state index in [2.05, 4.69) is 118 Å². The van der Waals surface area contributed by atoms with Crippen LogP contribution in [0.15, 0.2) is 97.2 Å². The van der Waals surface area contributed by atoms with Crippen LogP contribution in [0.2, 0.25) is 0 Å². The molecule has 0 amide bonds. The van der Waals surface area contributed by atoms with Crippen molar-refractivity contribution < 1.29 is 28.6 Å². The molecule has 81 heavy (non-hydrogen) atoms. The molecular weight excluding hydrogens is 997 g/mol. The van der Waals surface area contributed by atoms with Crippen LogP contribution in [0.25, 0.3) is 0 Å². The van der Waals surface area contributed by atoms with Gasteiger partial charge in [0.15, 0.2) is 6.10 Å². The fourth-order valence-corrected chi connectivity index (χ4v) is 9.92. The molecule has 0 aliphatic rings. The lowest BCUT2D eigenvalue weighted by atomic mass is 10.0. The zero-order chi connectivity index (χ0) is 58.5. The van der Waals surface area contributed by atoms with Crippen molar-refractivity contribution in [3.05, 3.63) is 97.2 Å². The second-order valence-electron chi connectivity index (χ2n) is 23.0. The Labute approximate surface area is 502 Å². The van der Waals surface area contributed by atoms with E-state index in [1.807, 2.05) is 0 Å². The summed E-state index contributed by atoms with van der Waals surface area (Å²) in [6.07, 6.45) is 93.1. The Bertz CT molecular complexity index is 1580. The fraction of sp³-hybridized carbons (Fsp3) is 0.747. The third-order valence-electron chi connectivity index (χ3n) is 15.1. The topological polar surface area (TPSA) is 78.9 Å². The highest BCUT2D eigenvalue weighted by atomic mass is 16.6. The third-order valence-corrected chi connectivity index (χ3v) is 15.1. The molecule has 1 atom stereocenters. The summed E-state index contributed by atoms with van der Waals surface area (Å²) in [6, 6.07) is 0. The third kappa shape index (κ3) is 67.0. The summed E-state index contributed by atoms with van der Waals surface area (Å²) < 4.78 is 16.9. The Balaban J connectivity index is 4.10. The maximum atomic E-state index is 12.9. The molecule has 6 heteroatoms. The van der Waals surface area contributed by atoms with Crippen LogP contribution in [0.5, 0.6) is 0 Å². The van der Waals surface area contributed by atoms with E-state index in [-0.39, 0.29) is 31.1 Å². The summed E-state index contributed by atoms with van der Waals surface area (Å²) in [6.45, 7) is 6.41. The van der Waals surface area contributed by atoms with Crippen LogP contribution in [0.4, 0.5) is 0 Å². The molecule has 0 heterocycles. The van der Waals surface area contributed by atoms with Crippen LogP contribution in [-0.4, -0.2) is 37.2 Å². The van der Waals surface area contributed by atoms with Gasteiger partial charge in [-0.2, -0.15) is 0 Å².